The normalized spacial score (nSPS) is 19.2. The summed E-state index contributed by atoms with van der Waals surface area (Å²) in [4.78, 5) is 19.2. The average Bonchev–Trinajstić information content (AvgIpc) is 3.99. The van der Waals surface area contributed by atoms with Gasteiger partial charge in [0.2, 0.25) is 5.79 Å². The summed E-state index contributed by atoms with van der Waals surface area (Å²) in [5, 5.41) is 15.2. The maximum absolute atomic E-state index is 12.8. The maximum atomic E-state index is 12.8. The van der Waals surface area contributed by atoms with Crippen LogP contribution in [0.2, 0.25) is 0 Å². The van der Waals surface area contributed by atoms with Crippen LogP contribution in [0.15, 0.2) is 115 Å². The standard InChI is InChI=1S/C39H42N8O4.C2H6/c1-3-29(2)47-38(48)45(28-42-47)33-13-11-31(12-14-33)43-21-23-44(24-22-43)32-15-17-34(18-16-32)49-25-35-26-50-39(51-35,27-46-40-19-20-41-46)37-10-6-8-30-7-4-5-9-36(30)37;1-2/h4-20,28-29,35H,3,21-27H2,1-2H3;1-2H3. The molecule has 0 bridgehead atoms. The number of benzene rings is 4. The molecule has 0 aliphatic carbocycles. The molecule has 2 saturated heterocycles. The van der Waals surface area contributed by atoms with Crippen molar-refractivity contribution in [2.75, 3.05) is 49.2 Å². The lowest BCUT2D eigenvalue weighted by molar-refractivity contribution is -0.191. The van der Waals surface area contributed by atoms with Crippen molar-refractivity contribution >= 4 is 22.1 Å². The molecule has 2 aromatic heterocycles. The molecule has 0 spiro atoms. The predicted molar refractivity (Wildman–Crippen MR) is 207 cm³/mol. The van der Waals surface area contributed by atoms with Crippen LogP contribution in [0.3, 0.4) is 0 Å². The number of piperazine rings is 1. The second kappa shape index (κ2) is 16.1. The molecular weight excluding hydrogens is 669 g/mol. The summed E-state index contributed by atoms with van der Waals surface area (Å²) >= 11 is 0. The van der Waals surface area contributed by atoms with E-state index in [4.69, 9.17) is 14.2 Å². The fourth-order valence-electron chi connectivity index (χ4n) is 6.98. The highest BCUT2D eigenvalue weighted by atomic mass is 16.8. The Labute approximate surface area is 310 Å². The largest absolute Gasteiger partial charge is 0.491 e. The first-order valence-electron chi connectivity index (χ1n) is 18.6. The van der Waals surface area contributed by atoms with E-state index in [1.54, 1.807) is 32.8 Å². The average molecular weight is 717 g/mol. The first kappa shape index (κ1) is 35.9. The molecule has 2 aliphatic heterocycles. The zero-order chi connectivity index (χ0) is 36.8. The second-order valence-electron chi connectivity index (χ2n) is 13.2. The summed E-state index contributed by atoms with van der Waals surface area (Å²) in [5.74, 6) is -0.259. The van der Waals surface area contributed by atoms with E-state index in [0.717, 1.165) is 71.7 Å². The second-order valence-corrected chi connectivity index (χ2v) is 13.2. The molecule has 0 radical (unpaired) electrons. The van der Waals surface area contributed by atoms with Crippen molar-refractivity contribution in [3.8, 4) is 11.4 Å². The van der Waals surface area contributed by atoms with Crippen LogP contribution in [0.1, 0.15) is 45.7 Å². The third kappa shape index (κ3) is 7.56. The van der Waals surface area contributed by atoms with Crippen molar-refractivity contribution in [1.29, 1.82) is 0 Å². The van der Waals surface area contributed by atoms with Crippen LogP contribution >= 0.6 is 0 Å². The molecule has 6 aromatic rings. The summed E-state index contributed by atoms with van der Waals surface area (Å²) in [5.41, 5.74) is 3.97. The summed E-state index contributed by atoms with van der Waals surface area (Å²) in [6.07, 6.45) is 5.50. The Bertz CT molecular complexity index is 2120. The van der Waals surface area contributed by atoms with Crippen molar-refractivity contribution < 1.29 is 14.2 Å². The van der Waals surface area contributed by atoms with Gasteiger partial charge in [-0.15, -0.1) is 0 Å². The number of aromatic nitrogens is 6. The predicted octanol–water partition coefficient (Wildman–Crippen LogP) is 6.45. The van der Waals surface area contributed by atoms with E-state index in [0.29, 0.717) is 19.8 Å². The molecule has 53 heavy (non-hydrogen) atoms. The molecule has 12 heteroatoms. The van der Waals surface area contributed by atoms with Gasteiger partial charge < -0.3 is 24.0 Å². The van der Waals surface area contributed by atoms with Gasteiger partial charge in [0, 0.05) is 43.1 Å². The molecule has 0 N–H and O–H groups in total. The molecule has 4 aromatic carbocycles. The SMILES string of the molecule is CC.CCC(C)n1ncn(-c2ccc(N3CCN(c4ccc(OCC5COC(Cn6nccn6)(c6cccc7ccccc67)O5)cc4)CC3)cc2)c1=O. The van der Waals surface area contributed by atoms with Gasteiger partial charge in [-0.1, -0.05) is 63.2 Å². The lowest BCUT2D eigenvalue weighted by atomic mass is 9.97. The Morgan fingerprint density at radius 2 is 1.43 bits per heavy atom. The zero-order valence-electron chi connectivity index (χ0n) is 30.9. The topological polar surface area (TPSA) is 105 Å². The Morgan fingerprint density at radius 3 is 2.11 bits per heavy atom. The Hall–Kier alpha value is -5.46. The quantitative estimate of drug-likeness (QED) is 0.150. The van der Waals surface area contributed by atoms with Crippen molar-refractivity contribution in [2.45, 2.75) is 58.6 Å². The number of ether oxygens (including phenoxy) is 3. The minimum Gasteiger partial charge on any atom is -0.491 e. The molecule has 3 unspecified atom stereocenters. The lowest BCUT2D eigenvalue weighted by Gasteiger charge is -2.37. The summed E-state index contributed by atoms with van der Waals surface area (Å²) in [6.45, 7) is 12.7. The van der Waals surface area contributed by atoms with E-state index in [1.807, 2.05) is 63.2 Å². The van der Waals surface area contributed by atoms with Gasteiger partial charge in [-0.25, -0.2) is 14.0 Å². The molecule has 0 amide bonds. The number of nitrogens with zero attached hydrogens (tertiary/aromatic N) is 8. The van der Waals surface area contributed by atoms with E-state index in [2.05, 4.69) is 80.6 Å². The number of hydrogen-bond donors (Lipinski definition) is 0. The van der Waals surface area contributed by atoms with Gasteiger partial charge in [-0.2, -0.15) is 20.1 Å². The van der Waals surface area contributed by atoms with Crippen molar-refractivity contribution in [1.82, 2.24) is 29.3 Å². The highest BCUT2D eigenvalue weighted by Gasteiger charge is 2.45. The first-order chi connectivity index (χ1) is 26.0. The van der Waals surface area contributed by atoms with Crippen LogP contribution in [-0.4, -0.2) is 74.8 Å². The Kier molecular flexibility index (Phi) is 10.9. The summed E-state index contributed by atoms with van der Waals surface area (Å²) in [6, 6.07) is 30.9. The van der Waals surface area contributed by atoms with E-state index in [1.165, 1.54) is 0 Å². The molecular formula is C41H48N8O4. The molecule has 276 valence electrons. The molecule has 0 saturated carbocycles. The fraction of sp³-hybridized carbons (Fsp3) is 0.366. The highest BCUT2D eigenvalue weighted by Crippen LogP contribution is 2.39. The van der Waals surface area contributed by atoms with Crippen LogP contribution in [0.5, 0.6) is 5.75 Å². The monoisotopic (exact) mass is 716 g/mol. The van der Waals surface area contributed by atoms with E-state index >= 15 is 0 Å². The third-order valence-corrected chi connectivity index (χ3v) is 9.99. The number of rotatable bonds is 11. The molecule has 8 rings (SSSR count). The van der Waals surface area contributed by atoms with Gasteiger partial charge in [0.1, 0.15) is 31.3 Å². The third-order valence-electron chi connectivity index (χ3n) is 9.99. The summed E-state index contributed by atoms with van der Waals surface area (Å²) < 4.78 is 22.5. The van der Waals surface area contributed by atoms with Crippen molar-refractivity contribution in [3.63, 3.8) is 0 Å². The molecule has 2 aliphatic rings. The van der Waals surface area contributed by atoms with Gasteiger partial charge in [-0.05, 0) is 72.6 Å². The number of hydrogen-bond acceptors (Lipinski definition) is 9. The number of anilines is 2. The van der Waals surface area contributed by atoms with Crippen molar-refractivity contribution in [2.24, 2.45) is 0 Å². The summed E-state index contributed by atoms with van der Waals surface area (Å²) in [7, 11) is 0. The number of fused-ring (bicyclic) bond motifs is 1. The van der Waals surface area contributed by atoms with E-state index in [-0.39, 0.29) is 17.8 Å². The van der Waals surface area contributed by atoms with Gasteiger partial charge >= 0.3 is 5.69 Å². The Morgan fingerprint density at radius 1 is 0.811 bits per heavy atom. The minimum atomic E-state index is -1.04. The maximum Gasteiger partial charge on any atom is 0.350 e. The fourth-order valence-corrected chi connectivity index (χ4v) is 6.98. The van der Waals surface area contributed by atoms with Gasteiger partial charge in [-0.3, -0.25) is 0 Å². The smallest absolute Gasteiger partial charge is 0.350 e. The highest BCUT2D eigenvalue weighted by molar-refractivity contribution is 5.86. The van der Waals surface area contributed by atoms with Crippen LogP contribution in [0.25, 0.3) is 16.5 Å². The van der Waals surface area contributed by atoms with E-state index in [9.17, 15) is 4.79 Å². The van der Waals surface area contributed by atoms with Crippen LogP contribution in [0, 0.1) is 0 Å². The van der Waals surface area contributed by atoms with E-state index < -0.39 is 5.79 Å². The van der Waals surface area contributed by atoms with Crippen LogP contribution in [-0.2, 0) is 21.8 Å². The Balaban J connectivity index is 0.00000214. The van der Waals surface area contributed by atoms with Gasteiger partial charge in [0.25, 0.3) is 0 Å². The van der Waals surface area contributed by atoms with Crippen LogP contribution < -0.4 is 20.2 Å². The zero-order valence-corrected chi connectivity index (χ0v) is 30.9. The molecule has 3 atom stereocenters. The van der Waals surface area contributed by atoms with Gasteiger partial charge in [0.15, 0.2) is 0 Å². The molecule has 2 fully saturated rings. The minimum absolute atomic E-state index is 0.0690. The lowest BCUT2D eigenvalue weighted by Crippen LogP contribution is -2.46. The van der Waals surface area contributed by atoms with Gasteiger partial charge in [0.05, 0.1) is 30.7 Å². The van der Waals surface area contributed by atoms with Crippen LogP contribution in [0.4, 0.5) is 11.4 Å². The first-order valence-corrected chi connectivity index (χ1v) is 18.6. The molecule has 4 heterocycles. The molecule has 12 nitrogen and oxygen atoms in total. The van der Waals surface area contributed by atoms with Crippen molar-refractivity contribution in [3.05, 3.63) is 126 Å².